The molecule has 0 aliphatic carbocycles. The molecule has 10 heteroatoms. The first-order valence-corrected chi connectivity index (χ1v) is 9.67. The molecule has 26 heavy (non-hydrogen) atoms. The molecule has 142 valence electrons. The Morgan fingerprint density at radius 3 is 2.08 bits per heavy atom. The van der Waals surface area contributed by atoms with Crippen molar-refractivity contribution in [1.82, 2.24) is 20.5 Å². The number of nitrogens with zero attached hydrogens (tertiary/aromatic N) is 1. The van der Waals surface area contributed by atoms with Crippen molar-refractivity contribution < 1.29 is 22.8 Å². The van der Waals surface area contributed by atoms with Crippen LogP contribution in [0.5, 0.6) is 0 Å². The van der Waals surface area contributed by atoms with Crippen LogP contribution in [0, 0.1) is 0 Å². The molecule has 1 fully saturated rings. The Hall–Kier alpha value is -2.46. The van der Waals surface area contributed by atoms with E-state index in [4.69, 9.17) is 0 Å². The van der Waals surface area contributed by atoms with E-state index in [1.807, 2.05) is 5.43 Å². The van der Waals surface area contributed by atoms with Crippen molar-refractivity contribution in [2.24, 2.45) is 0 Å². The Balaban J connectivity index is 1.96. The molecule has 3 amide bonds. The SMILES string of the molecule is CC(C)NC(=O)C(=O)NNC(=O)c1ccc(S(=O)(=O)N2CCCC2)cc1. The van der Waals surface area contributed by atoms with Gasteiger partial charge >= 0.3 is 11.8 Å². The van der Waals surface area contributed by atoms with Crippen molar-refractivity contribution in [3.05, 3.63) is 29.8 Å². The average molecular weight is 382 g/mol. The highest BCUT2D eigenvalue weighted by Gasteiger charge is 2.27. The third-order valence-corrected chi connectivity index (χ3v) is 5.65. The van der Waals surface area contributed by atoms with Gasteiger partial charge in [-0.3, -0.25) is 25.2 Å². The number of nitrogens with one attached hydrogen (secondary N) is 3. The number of carbonyl (C=O) groups excluding carboxylic acids is 3. The Morgan fingerprint density at radius 1 is 0.962 bits per heavy atom. The molecule has 3 N–H and O–H groups in total. The van der Waals surface area contributed by atoms with Crippen molar-refractivity contribution in [3.63, 3.8) is 0 Å². The number of sulfonamides is 1. The first kappa shape index (κ1) is 19.9. The van der Waals surface area contributed by atoms with E-state index in [0.29, 0.717) is 13.1 Å². The summed E-state index contributed by atoms with van der Waals surface area (Å²) in [5.41, 5.74) is 4.25. The molecule has 1 aromatic rings. The van der Waals surface area contributed by atoms with Crippen molar-refractivity contribution in [2.45, 2.75) is 37.6 Å². The van der Waals surface area contributed by atoms with E-state index in [0.717, 1.165) is 12.8 Å². The number of rotatable bonds is 4. The molecular formula is C16H22N4O5S. The fraction of sp³-hybridized carbons (Fsp3) is 0.438. The van der Waals surface area contributed by atoms with Gasteiger partial charge in [0.05, 0.1) is 4.90 Å². The van der Waals surface area contributed by atoms with Gasteiger partial charge in [-0.05, 0) is 51.0 Å². The summed E-state index contributed by atoms with van der Waals surface area (Å²) in [6, 6.07) is 5.16. The average Bonchev–Trinajstić information content (AvgIpc) is 3.14. The van der Waals surface area contributed by atoms with Crippen LogP contribution in [0.4, 0.5) is 0 Å². The molecule has 0 bridgehead atoms. The monoisotopic (exact) mass is 382 g/mol. The zero-order valence-electron chi connectivity index (χ0n) is 14.6. The molecule has 0 saturated carbocycles. The summed E-state index contributed by atoms with van der Waals surface area (Å²) in [5.74, 6) is -2.53. The molecule has 1 aromatic carbocycles. The van der Waals surface area contributed by atoms with E-state index in [9.17, 15) is 22.8 Å². The Kier molecular flexibility index (Phi) is 6.32. The highest BCUT2D eigenvalue weighted by molar-refractivity contribution is 7.89. The summed E-state index contributed by atoms with van der Waals surface area (Å²) in [6.45, 7) is 4.38. The fourth-order valence-electron chi connectivity index (χ4n) is 2.43. The maximum absolute atomic E-state index is 12.4. The summed E-state index contributed by atoms with van der Waals surface area (Å²) in [4.78, 5) is 35.1. The van der Waals surface area contributed by atoms with Crippen LogP contribution in [-0.2, 0) is 19.6 Å². The molecule has 0 aromatic heterocycles. The molecule has 0 radical (unpaired) electrons. The molecule has 1 saturated heterocycles. The molecular weight excluding hydrogens is 360 g/mol. The molecule has 9 nitrogen and oxygen atoms in total. The van der Waals surface area contributed by atoms with Crippen LogP contribution in [0.3, 0.4) is 0 Å². The quantitative estimate of drug-likeness (QED) is 0.489. The van der Waals surface area contributed by atoms with E-state index in [1.54, 1.807) is 13.8 Å². The van der Waals surface area contributed by atoms with E-state index >= 15 is 0 Å². The molecule has 0 atom stereocenters. The fourth-order valence-corrected chi connectivity index (χ4v) is 3.94. The summed E-state index contributed by atoms with van der Waals surface area (Å²) in [6.07, 6.45) is 1.67. The second-order valence-corrected chi connectivity index (χ2v) is 8.11. The van der Waals surface area contributed by atoms with Gasteiger partial charge in [0.2, 0.25) is 10.0 Å². The maximum Gasteiger partial charge on any atom is 0.327 e. The molecule has 1 heterocycles. The standard InChI is InChI=1S/C16H22N4O5S/c1-11(2)17-15(22)16(23)19-18-14(21)12-5-7-13(8-6-12)26(24,25)20-9-3-4-10-20/h5-8,11H,3-4,9-10H2,1-2H3,(H,17,22)(H,18,21)(H,19,23). The second kappa shape index (κ2) is 8.28. The summed E-state index contributed by atoms with van der Waals surface area (Å²) >= 11 is 0. The summed E-state index contributed by atoms with van der Waals surface area (Å²) in [7, 11) is -3.55. The highest BCUT2D eigenvalue weighted by Crippen LogP contribution is 2.20. The normalized spacial score (nSPS) is 14.9. The molecule has 1 aliphatic heterocycles. The van der Waals surface area contributed by atoms with Crippen molar-refractivity contribution in [2.75, 3.05) is 13.1 Å². The van der Waals surface area contributed by atoms with E-state index in [2.05, 4.69) is 10.7 Å². The molecule has 0 unspecified atom stereocenters. The number of hydrazine groups is 1. The van der Waals surface area contributed by atoms with Gasteiger partial charge in [-0.2, -0.15) is 4.31 Å². The lowest BCUT2D eigenvalue weighted by Gasteiger charge is -2.15. The van der Waals surface area contributed by atoms with E-state index in [-0.39, 0.29) is 16.5 Å². The minimum Gasteiger partial charge on any atom is -0.346 e. The Bertz CT molecular complexity index is 783. The van der Waals surface area contributed by atoms with Crippen LogP contribution in [0.15, 0.2) is 29.2 Å². The van der Waals surface area contributed by atoms with Gasteiger partial charge in [-0.15, -0.1) is 0 Å². The first-order chi connectivity index (χ1) is 12.2. The lowest BCUT2D eigenvalue weighted by molar-refractivity contribution is -0.139. The maximum atomic E-state index is 12.4. The third kappa shape index (κ3) is 4.79. The van der Waals surface area contributed by atoms with Gasteiger partial charge in [-0.25, -0.2) is 8.42 Å². The minimum atomic E-state index is -3.55. The second-order valence-electron chi connectivity index (χ2n) is 6.17. The third-order valence-electron chi connectivity index (χ3n) is 3.73. The smallest absolute Gasteiger partial charge is 0.327 e. The molecule has 1 aliphatic rings. The van der Waals surface area contributed by atoms with Crippen LogP contribution in [0.25, 0.3) is 0 Å². The molecule has 0 spiro atoms. The predicted octanol–water partition coefficient (Wildman–Crippen LogP) is -0.243. The van der Waals surface area contributed by atoms with E-state index < -0.39 is 27.7 Å². The van der Waals surface area contributed by atoms with Crippen molar-refractivity contribution in [3.8, 4) is 0 Å². The number of amides is 3. The lowest BCUT2D eigenvalue weighted by atomic mass is 10.2. The summed E-state index contributed by atoms with van der Waals surface area (Å²) < 4.78 is 26.2. The number of carbonyl (C=O) groups is 3. The zero-order chi connectivity index (χ0) is 19.3. The van der Waals surface area contributed by atoms with Gasteiger partial charge in [0.25, 0.3) is 5.91 Å². The number of hydrogen-bond acceptors (Lipinski definition) is 5. The van der Waals surface area contributed by atoms with Crippen LogP contribution in [-0.4, -0.2) is 49.6 Å². The predicted molar refractivity (Wildman–Crippen MR) is 93.3 cm³/mol. The lowest BCUT2D eigenvalue weighted by Crippen LogP contribution is -2.49. The largest absolute Gasteiger partial charge is 0.346 e. The molecule has 2 rings (SSSR count). The van der Waals surface area contributed by atoms with Crippen LogP contribution in [0.2, 0.25) is 0 Å². The topological polar surface area (TPSA) is 125 Å². The Morgan fingerprint density at radius 2 is 1.54 bits per heavy atom. The van der Waals surface area contributed by atoms with Gasteiger partial charge in [0.1, 0.15) is 0 Å². The van der Waals surface area contributed by atoms with Crippen LogP contribution >= 0.6 is 0 Å². The van der Waals surface area contributed by atoms with Crippen molar-refractivity contribution in [1.29, 1.82) is 0 Å². The van der Waals surface area contributed by atoms with E-state index in [1.165, 1.54) is 28.6 Å². The Labute approximate surface area is 152 Å². The van der Waals surface area contributed by atoms with Gasteiger partial charge in [0, 0.05) is 24.7 Å². The highest BCUT2D eigenvalue weighted by atomic mass is 32.2. The van der Waals surface area contributed by atoms with Crippen molar-refractivity contribution >= 4 is 27.7 Å². The number of hydrogen-bond donors (Lipinski definition) is 3. The van der Waals surface area contributed by atoms with Gasteiger partial charge in [-0.1, -0.05) is 0 Å². The number of benzene rings is 1. The van der Waals surface area contributed by atoms with Gasteiger partial charge < -0.3 is 5.32 Å². The first-order valence-electron chi connectivity index (χ1n) is 8.23. The van der Waals surface area contributed by atoms with Crippen LogP contribution in [0.1, 0.15) is 37.0 Å². The summed E-state index contributed by atoms with van der Waals surface area (Å²) in [5, 5.41) is 2.38. The van der Waals surface area contributed by atoms with Crippen LogP contribution < -0.4 is 16.2 Å². The van der Waals surface area contributed by atoms with Gasteiger partial charge in [0.15, 0.2) is 0 Å². The minimum absolute atomic E-state index is 0.108. The zero-order valence-corrected chi connectivity index (χ0v) is 15.4.